The van der Waals surface area contributed by atoms with Gasteiger partial charge in [0.25, 0.3) is 0 Å². The average Bonchev–Trinajstić information content (AvgIpc) is 2.56. The van der Waals surface area contributed by atoms with Gasteiger partial charge in [0.1, 0.15) is 6.10 Å². The SMILES string of the molecule is COC(CN=C(N)NCCc1ccccn1)c1cccc(Cl)c1.I. The van der Waals surface area contributed by atoms with E-state index >= 15 is 0 Å². The first-order valence-electron chi connectivity index (χ1n) is 7.41. The number of nitrogens with two attached hydrogens (primary N) is 1. The van der Waals surface area contributed by atoms with Crippen molar-refractivity contribution in [2.24, 2.45) is 10.7 Å². The van der Waals surface area contributed by atoms with Crippen molar-refractivity contribution in [3.8, 4) is 0 Å². The van der Waals surface area contributed by atoms with Gasteiger partial charge in [-0.3, -0.25) is 9.98 Å². The molecule has 1 heterocycles. The number of rotatable bonds is 7. The molecule has 24 heavy (non-hydrogen) atoms. The third-order valence-electron chi connectivity index (χ3n) is 3.35. The summed E-state index contributed by atoms with van der Waals surface area (Å²) in [5.74, 6) is 0.394. The Hall–Kier alpha value is -1.38. The summed E-state index contributed by atoms with van der Waals surface area (Å²) in [4.78, 5) is 8.59. The first kappa shape index (κ1) is 20.7. The first-order valence-corrected chi connectivity index (χ1v) is 7.79. The zero-order chi connectivity index (χ0) is 16.5. The van der Waals surface area contributed by atoms with Crippen molar-refractivity contribution >= 4 is 41.5 Å². The fourth-order valence-corrected chi connectivity index (χ4v) is 2.32. The molecule has 1 atom stereocenters. The summed E-state index contributed by atoms with van der Waals surface area (Å²) in [6.45, 7) is 1.11. The van der Waals surface area contributed by atoms with Crippen LogP contribution in [0.2, 0.25) is 5.02 Å². The van der Waals surface area contributed by atoms with Crippen molar-refractivity contribution in [1.82, 2.24) is 10.3 Å². The number of halogens is 2. The molecule has 1 unspecified atom stereocenters. The number of hydrogen-bond donors (Lipinski definition) is 2. The first-order chi connectivity index (χ1) is 11.2. The van der Waals surface area contributed by atoms with Gasteiger partial charge in [0.15, 0.2) is 5.96 Å². The van der Waals surface area contributed by atoms with E-state index in [1.165, 1.54) is 0 Å². The Labute approximate surface area is 164 Å². The fraction of sp³-hybridized carbons (Fsp3) is 0.294. The molecule has 0 saturated carbocycles. The van der Waals surface area contributed by atoms with Gasteiger partial charge >= 0.3 is 0 Å². The number of hydrogen-bond acceptors (Lipinski definition) is 3. The Morgan fingerprint density at radius 1 is 1.33 bits per heavy atom. The molecule has 0 aliphatic carbocycles. The highest BCUT2D eigenvalue weighted by atomic mass is 127. The molecule has 0 radical (unpaired) electrons. The summed E-state index contributed by atoms with van der Waals surface area (Å²) < 4.78 is 5.46. The molecule has 1 aromatic heterocycles. The third-order valence-corrected chi connectivity index (χ3v) is 3.58. The van der Waals surface area contributed by atoms with Crippen molar-refractivity contribution in [1.29, 1.82) is 0 Å². The molecule has 7 heteroatoms. The highest BCUT2D eigenvalue weighted by Crippen LogP contribution is 2.20. The standard InChI is InChI=1S/C17H21ClN4O.HI/c1-23-16(13-5-4-6-14(18)11-13)12-22-17(19)21-10-8-15-7-2-3-9-20-15;/h2-7,9,11,16H,8,10,12H2,1H3,(H3,19,21,22);1H. The van der Waals surface area contributed by atoms with E-state index in [1.807, 2.05) is 42.5 Å². The predicted molar refractivity (Wildman–Crippen MR) is 109 cm³/mol. The minimum Gasteiger partial charge on any atom is -0.375 e. The molecule has 0 aliphatic rings. The number of pyridine rings is 1. The molecule has 0 fully saturated rings. The van der Waals surface area contributed by atoms with Crippen LogP contribution >= 0.6 is 35.6 Å². The van der Waals surface area contributed by atoms with Crippen molar-refractivity contribution in [2.75, 3.05) is 20.2 Å². The van der Waals surface area contributed by atoms with E-state index in [-0.39, 0.29) is 30.1 Å². The maximum Gasteiger partial charge on any atom is 0.188 e. The highest BCUT2D eigenvalue weighted by molar-refractivity contribution is 14.0. The molecule has 5 nitrogen and oxygen atoms in total. The second-order valence-electron chi connectivity index (χ2n) is 5.00. The molecule has 1 aromatic carbocycles. The summed E-state index contributed by atoms with van der Waals surface area (Å²) in [6, 6.07) is 13.4. The minimum absolute atomic E-state index is 0. The molecule has 0 saturated heterocycles. The van der Waals surface area contributed by atoms with E-state index in [1.54, 1.807) is 13.3 Å². The van der Waals surface area contributed by atoms with Gasteiger partial charge in [-0.1, -0.05) is 29.8 Å². The zero-order valence-electron chi connectivity index (χ0n) is 13.5. The lowest BCUT2D eigenvalue weighted by molar-refractivity contribution is 0.111. The van der Waals surface area contributed by atoms with Crippen molar-refractivity contribution in [2.45, 2.75) is 12.5 Å². The van der Waals surface area contributed by atoms with Gasteiger partial charge in [-0.2, -0.15) is 0 Å². The quantitative estimate of drug-likeness (QED) is 0.378. The van der Waals surface area contributed by atoms with Gasteiger partial charge in [0.05, 0.1) is 6.54 Å². The zero-order valence-corrected chi connectivity index (χ0v) is 16.6. The van der Waals surface area contributed by atoms with Crippen molar-refractivity contribution < 1.29 is 4.74 Å². The van der Waals surface area contributed by atoms with E-state index in [2.05, 4.69) is 15.3 Å². The topological polar surface area (TPSA) is 72.5 Å². The number of nitrogens with zero attached hydrogens (tertiary/aromatic N) is 2. The smallest absolute Gasteiger partial charge is 0.188 e. The van der Waals surface area contributed by atoms with Crippen LogP contribution in [0.3, 0.4) is 0 Å². The van der Waals surface area contributed by atoms with E-state index in [0.29, 0.717) is 24.1 Å². The van der Waals surface area contributed by atoms with E-state index in [9.17, 15) is 0 Å². The lowest BCUT2D eigenvalue weighted by atomic mass is 10.1. The fourth-order valence-electron chi connectivity index (χ4n) is 2.12. The number of aliphatic imine (C=N–C) groups is 1. The van der Waals surface area contributed by atoms with E-state index in [4.69, 9.17) is 22.1 Å². The Morgan fingerprint density at radius 2 is 2.17 bits per heavy atom. The van der Waals surface area contributed by atoms with Gasteiger partial charge in [0.2, 0.25) is 0 Å². The second kappa shape index (κ2) is 11.2. The number of benzene rings is 1. The van der Waals surface area contributed by atoms with Crippen LogP contribution in [0.1, 0.15) is 17.4 Å². The average molecular weight is 461 g/mol. The Balaban J connectivity index is 0.00000288. The summed E-state index contributed by atoms with van der Waals surface area (Å²) in [6.07, 6.45) is 2.39. The van der Waals surface area contributed by atoms with Crippen LogP contribution in [0.25, 0.3) is 0 Å². The summed E-state index contributed by atoms with van der Waals surface area (Å²) >= 11 is 6.00. The molecule has 0 amide bonds. The normalized spacial score (nSPS) is 12.3. The van der Waals surface area contributed by atoms with Gasteiger partial charge in [-0.25, -0.2) is 0 Å². The molecular formula is C17H22ClIN4O. The molecule has 0 bridgehead atoms. The lowest BCUT2D eigenvalue weighted by Gasteiger charge is -2.14. The minimum atomic E-state index is -0.176. The van der Waals surface area contributed by atoms with Crippen LogP contribution in [0.5, 0.6) is 0 Å². The number of guanidine groups is 1. The number of methoxy groups -OCH3 is 1. The summed E-state index contributed by atoms with van der Waals surface area (Å²) in [7, 11) is 1.64. The van der Waals surface area contributed by atoms with Crippen LogP contribution in [-0.2, 0) is 11.2 Å². The molecule has 3 N–H and O–H groups in total. The van der Waals surface area contributed by atoms with Gasteiger partial charge in [-0.15, -0.1) is 24.0 Å². The second-order valence-corrected chi connectivity index (χ2v) is 5.44. The molecule has 2 rings (SSSR count). The molecule has 0 spiro atoms. The molecule has 0 aliphatic heterocycles. The Bertz CT molecular complexity index is 639. The number of ether oxygens (including phenoxy) is 1. The monoisotopic (exact) mass is 460 g/mol. The van der Waals surface area contributed by atoms with Crippen LogP contribution in [0.4, 0.5) is 0 Å². The Morgan fingerprint density at radius 3 is 2.83 bits per heavy atom. The van der Waals surface area contributed by atoms with Crippen LogP contribution in [0, 0.1) is 0 Å². The Kier molecular flexibility index (Phi) is 9.66. The molecule has 2 aromatic rings. The summed E-state index contributed by atoms with van der Waals surface area (Å²) in [5, 5.41) is 3.76. The maximum absolute atomic E-state index is 6.00. The number of aromatic nitrogens is 1. The van der Waals surface area contributed by atoms with Gasteiger partial charge < -0.3 is 15.8 Å². The van der Waals surface area contributed by atoms with Crippen LogP contribution < -0.4 is 11.1 Å². The van der Waals surface area contributed by atoms with Crippen LogP contribution in [0.15, 0.2) is 53.7 Å². The highest BCUT2D eigenvalue weighted by Gasteiger charge is 2.10. The molecule has 130 valence electrons. The number of nitrogens with one attached hydrogen (secondary N) is 1. The predicted octanol–water partition coefficient (Wildman–Crippen LogP) is 3.19. The summed E-state index contributed by atoms with van der Waals surface area (Å²) in [5.41, 5.74) is 7.88. The van der Waals surface area contributed by atoms with Crippen molar-refractivity contribution in [3.63, 3.8) is 0 Å². The maximum atomic E-state index is 6.00. The van der Waals surface area contributed by atoms with Gasteiger partial charge in [0, 0.05) is 37.0 Å². The van der Waals surface area contributed by atoms with E-state index in [0.717, 1.165) is 17.7 Å². The third kappa shape index (κ3) is 7.02. The van der Waals surface area contributed by atoms with E-state index < -0.39 is 0 Å². The lowest BCUT2D eigenvalue weighted by Crippen LogP contribution is -2.33. The largest absolute Gasteiger partial charge is 0.375 e. The van der Waals surface area contributed by atoms with Crippen molar-refractivity contribution in [3.05, 3.63) is 64.9 Å². The van der Waals surface area contributed by atoms with Crippen LogP contribution in [-0.4, -0.2) is 31.1 Å². The molecular weight excluding hydrogens is 439 g/mol. The van der Waals surface area contributed by atoms with Gasteiger partial charge in [-0.05, 0) is 29.8 Å².